The highest BCUT2D eigenvalue weighted by molar-refractivity contribution is 7.90. The number of rotatable bonds is 5. The van der Waals surface area contributed by atoms with Crippen LogP contribution in [0, 0.1) is 6.92 Å². The first-order valence-electron chi connectivity index (χ1n) is 11.1. The minimum absolute atomic E-state index is 0.0655. The molecule has 33 heavy (non-hydrogen) atoms. The van der Waals surface area contributed by atoms with E-state index < -0.39 is 10.0 Å². The lowest BCUT2D eigenvalue weighted by Gasteiger charge is -2.12. The summed E-state index contributed by atoms with van der Waals surface area (Å²) in [4.78, 5) is 21.9. The number of amidine groups is 1. The van der Waals surface area contributed by atoms with E-state index in [1.54, 1.807) is 31.3 Å². The van der Waals surface area contributed by atoms with Crippen molar-refractivity contribution in [2.75, 3.05) is 11.9 Å². The van der Waals surface area contributed by atoms with Crippen molar-refractivity contribution in [2.24, 2.45) is 4.99 Å². The molecule has 1 amide bonds. The topological polar surface area (TPSA) is 118 Å². The highest BCUT2D eigenvalue weighted by Crippen LogP contribution is 2.21. The molecule has 4 rings (SSSR count). The van der Waals surface area contributed by atoms with Crippen molar-refractivity contribution in [3.8, 4) is 0 Å². The third-order valence-electron chi connectivity index (χ3n) is 5.52. The summed E-state index contributed by atoms with van der Waals surface area (Å²) in [6.45, 7) is 6.43. The summed E-state index contributed by atoms with van der Waals surface area (Å²) in [6, 6.07) is 8.09. The van der Waals surface area contributed by atoms with E-state index in [2.05, 4.69) is 25.1 Å². The Balaban J connectivity index is 1.55. The molecule has 0 saturated carbocycles. The number of hydrogen-bond acceptors (Lipinski definition) is 6. The Hall–Kier alpha value is -3.27. The van der Waals surface area contributed by atoms with Crippen LogP contribution in [-0.4, -0.2) is 41.5 Å². The summed E-state index contributed by atoms with van der Waals surface area (Å²) in [7, 11) is -3.80. The molecular formula is C23H28N6O3S. The van der Waals surface area contributed by atoms with Gasteiger partial charge in [0.05, 0.1) is 22.3 Å². The van der Waals surface area contributed by atoms with Gasteiger partial charge in [-0.2, -0.15) is 5.10 Å². The Morgan fingerprint density at radius 3 is 2.76 bits per heavy atom. The predicted octanol–water partition coefficient (Wildman–Crippen LogP) is 3.82. The first-order valence-corrected chi connectivity index (χ1v) is 12.6. The fourth-order valence-electron chi connectivity index (χ4n) is 3.78. The molecule has 1 aromatic carbocycles. The van der Waals surface area contributed by atoms with Crippen LogP contribution in [0.25, 0.3) is 11.0 Å². The lowest BCUT2D eigenvalue weighted by atomic mass is 10.1. The molecule has 2 N–H and O–H groups in total. The first kappa shape index (κ1) is 22.9. The lowest BCUT2D eigenvalue weighted by Crippen LogP contribution is -2.30. The number of hydrogen-bond donors (Lipinski definition) is 2. The molecular weight excluding hydrogens is 440 g/mol. The van der Waals surface area contributed by atoms with E-state index in [4.69, 9.17) is 0 Å². The molecule has 9 nitrogen and oxygen atoms in total. The smallest absolute Gasteiger partial charge is 0.262 e. The van der Waals surface area contributed by atoms with E-state index in [1.165, 1.54) is 12.1 Å². The maximum atomic E-state index is 13.0. The summed E-state index contributed by atoms with van der Waals surface area (Å²) >= 11 is 0. The molecule has 0 aliphatic carbocycles. The summed E-state index contributed by atoms with van der Waals surface area (Å²) < 4.78 is 30.1. The number of carbonyl (C=O) groups is 1. The van der Waals surface area contributed by atoms with Crippen LogP contribution in [0.15, 0.2) is 46.4 Å². The summed E-state index contributed by atoms with van der Waals surface area (Å²) in [6.07, 6.45) is 5.20. The Bertz CT molecular complexity index is 1330. The maximum Gasteiger partial charge on any atom is 0.262 e. The molecule has 3 aromatic rings. The number of anilines is 1. The second-order valence-corrected chi connectivity index (χ2v) is 10.1. The molecule has 0 radical (unpaired) electrons. The molecule has 3 heterocycles. The first-order chi connectivity index (χ1) is 15.7. The summed E-state index contributed by atoms with van der Waals surface area (Å²) in [5, 5.41) is 7.91. The van der Waals surface area contributed by atoms with E-state index in [-0.39, 0.29) is 16.8 Å². The van der Waals surface area contributed by atoms with Crippen LogP contribution in [0.2, 0.25) is 0 Å². The Labute approximate surface area is 193 Å². The maximum absolute atomic E-state index is 13.0. The number of aliphatic imine (C=N–C) groups is 1. The van der Waals surface area contributed by atoms with Crippen molar-refractivity contribution >= 4 is 38.5 Å². The van der Waals surface area contributed by atoms with E-state index in [0.29, 0.717) is 35.7 Å². The van der Waals surface area contributed by atoms with Gasteiger partial charge in [-0.25, -0.2) is 18.1 Å². The molecule has 0 bridgehead atoms. The lowest BCUT2D eigenvalue weighted by molar-refractivity contribution is 0.102. The molecule has 2 aromatic heterocycles. The molecule has 1 aliphatic heterocycles. The van der Waals surface area contributed by atoms with Crippen LogP contribution in [0.1, 0.15) is 61.6 Å². The number of sulfonamides is 1. The zero-order valence-corrected chi connectivity index (χ0v) is 19.8. The van der Waals surface area contributed by atoms with Crippen molar-refractivity contribution in [2.45, 2.75) is 57.4 Å². The van der Waals surface area contributed by atoms with Crippen LogP contribution < -0.4 is 10.0 Å². The van der Waals surface area contributed by atoms with E-state index in [9.17, 15) is 13.2 Å². The fourth-order valence-corrected chi connectivity index (χ4v) is 4.92. The van der Waals surface area contributed by atoms with Gasteiger partial charge in [-0.15, -0.1) is 0 Å². The van der Waals surface area contributed by atoms with Gasteiger partial charge >= 0.3 is 0 Å². The van der Waals surface area contributed by atoms with E-state index in [0.717, 1.165) is 30.3 Å². The molecule has 0 fully saturated rings. The summed E-state index contributed by atoms with van der Waals surface area (Å²) in [5.74, 6) is 0.119. The van der Waals surface area contributed by atoms with Crippen molar-refractivity contribution in [1.29, 1.82) is 0 Å². The third kappa shape index (κ3) is 5.05. The molecule has 1 aliphatic rings. The highest BCUT2D eigenvalue weighted by Gasteiger charge is 2.19. The van der Waals surface area contributed by atoms with E-state index in [1.807, 2.05) is 18.5 Å². The number of pyridine rings is 1. The van der Waals surface area contributed by atoms with Gasteiger partial charge in [0.1, 0.15) is 5.84 Å². The van der Waals surface area contributed by atoms with Crippen LogP contribution in [-0.2, 0) is 10.0 Å². The molecule has 0 atom stereocenters. The standard InChI is InChI=1S/C23H28N6O3S/c1-15(2)29-22-17(14-25-29)12-20(16(3)26-22)23(30)27-18-8-7-9-19(13-18)33(31,32)28-21-10-5-4-6-11-24-21/h7-9,12-15H,4-6,10-11H2,1-3H3,(H,24,28)(H,27,30). The Kier molecular flexibility index (Phi) is 6.46. The largest absolute Gasteiger partial charge is 0.322 e. The van der Waals surface area contributed by atoms with Gasteiger partial charge in [0.2, 0.25) is 0 Å². The monoisotopic (exact) mass is 468 g/mol. The van der Waals surface area contributed by atoms with Crippen molar-refractivity contribution in [3.63, 3.8) is 0 Å². The average Bonchev–Trinajstić information content (AvgIpc) is 3.01. The molecule has 0 unspecified atom stereocenters. The second-order valence-electron chi connectivity index (χ2n) is 8.44. The number of carbonyl (C=O) groups excluding carboxylic acids is 1. The minimum Gasteiger partial charge on any atom is -0.322 e. The van der Waals surface area contributed by atoms with Crippen molar-refractivity contribution in [3.05, 3.63) is 47.8 Å². The van der Waals surface area contributed by atoms with Crippen molar-refractivity contribution < 1.29 is 13.2 Å². The predicted molar refractivity (Wildman–Crippen MR) is 128 cm³/mol. The van der Waals surface area contributed by atoms with Crippen LogP contribution in [0.3, 0.4) is 0 Å². The van der Waals surface area contributed by atoms with Crippen molar-refractivity contribution in [1.82, 2.24) is 19.5 Å². The fraction of sp³-hybridized carbons (Fsp3) is 0.391. The van der Waals surface area contributed by atoms with Gasteiger partial charge in [-0.1, -0.05) is 12.5 Å². The van der Waals surface area contributed by atoms with E-state index >= 15 is 0 Å². The van der Waals surface area contributed by atoms with Gasteiger partial charge < -0.3 is 5.32 Å². The zero-order valence-electron chi connectivity index (χ0n) is 19.0. The average molecular weight is 469 g/mol. The number of fused-ring (bicyclic) bond motifs is 1. The molecule has 0 spiro atoms. The molecule has 10 heteroatoms. The van der Waals surface area contributed by atoms with Gasteiger partial charge in [0.25, 0.3) is 15.9 Å². The number of benzene rings is 1. The van der Waals surface area contributed by atoms with Crippen LogP contribution in [0.4, 0.5) is 5.69 Å². The van der Waals surface area contributed by atoms with Gasteiger partial charge in [0, 0.05) is 30.1 Å². The second kappa shape index (κ2) is 9.30. The number of aromatic nitrogens is 3. The number of aryl methyl sites for hydroxylation is 1. The van der Waals surface area contributed by atoms with Crippen LogP contribution >= 0.6 is 0 Å². The Morgan fingerprint density at radius 1 is 1.15 bits per heavy atom. The minimum atomic E-state index is -3.80. The normalized spacial score (nSPS) is 14.7. The van der Waals surface area contributed by atoms with Crippen LogP contribution in [0.5, 0.6) is 0 Å². The SMILES string of the molecule is Cc1nc2c(cnn2C(C)C)cc1C(=O)Nc1cccc(S(=O)(=O)NC2=NCCCCC2)c1. The quantitative estimate of drug-likeness (QED) is 0.590. The molecule has 174 valence electrons. The summed E-state index contributed by atoms with van der Waals surface area (Å²) in [5.41, 5.74) is 2.08. The highest BCUT2D eigenvalue weighted by atomic mass is 32.2. The third-order valence-corrected chi connectivity index (χ3v) is 6.90. The van der Waals surface area contributed by atoms with Gasteiger partial charge in [-0.05, 0) is 57.9 Å². The Morgan fingerprint density at radius 2 is 1.97 bits per heavy atom. The number of amides is 1. The number of nitrogens with zero attached hydrogens (tertiary/aromatic N) is 4. The molecule has 0 saturated heterocycles. The van der Waals surface area contributed by atoms with Gasteiger partial charge in [-0.3, -0.25) is 14.5 Å². The zero-order chi connectivity index (χ0) is 23.6. The number of nitrogens with one attached hydrogen (secondary N) is 2. The van der Waals surface area contributed by atoms with Gasteiger partial charge in [0.15, 0.2) is 5.65 Å².